The van der Waals surface area contributed by atoms with Crippen molar-refractivity contribution in [2.24, 2.45) is 0 Å². The third kappa shape index (κ3) is 3.21. The molecule has 0 radical (unpaired) electrons. The molecule has 1 heterocycles. The van der Waals surface area contributed by atoms with Crippen LogP contribution in [0.25, 0.3) is 0 Å². The Morgan fingerprint density at radius 1 is 1.19 bits per heavy atom. The minimum atomic E-state index is -1.58. The molecule has 1 saturated heterocycles. The maximum absolute atomic E-state index is 10.6. The van der Waals surface area contributed by atoms with Crippen LogP contribution in [0.3, 0.4) is 0 Å². The fraction of sp³-hybridized carbons (Fsp3) is 0.889. The monoisotopic (exact) mass is 236 g/mol. The van der Waals surface area contributed by atoms with E-state index in [1.807, 2.05) is 0 Å². The smallest absolute Gasteiger partial charge is 0.184 e. The Kier molecular flexibility index (Phi) is 4.78. The molecule has 0 saturated carbocycles. The van der Waals surface area contributed by atoms with Crippen LogP contribution in [0.15, 0.2) is 0 Å². The van der Waals surface area contributed by atoms with Gasteiger partial charge in [-0.15, -0.1) is 0 Å². The van der Waals surface area contributed by atoms with Gasteiger partial charge in [0, 0.05) is 0 Å². The molecule has 4 N–H and O–H groups in total. The number of hydrogen-bond acceptors (Lipinski definition) is 7. The van der Waals surface area contributed by atoms with E-state index in [4.69, 9.17) is 14.6 Å². The predicted octanol–water partition coefficient (Wildman–Crippen LogP) is -2.61. The summed E-state index contributed by atoms with van der Waals surface area (Å²) in [7, 11) is 0. The van der Waals surface area contributed by atoms with Crippen molar-refractivity contribution < 1.29 is 34.7 Å². The Balaban J connectivity index is 2.44. The van der Waals surface area contributed by atoms with E-state index in [1.165, 1.54) is 6.92 Å². The normalized spacial score (nSPS) is 39.7. The van der Waals surface area contributed by atoms with Crippen molar-refractivity contribution >= 4 is 5.78 Å². The van der Waals surface area contributed by atoms with E-state index >= 15 is 0 Å². The minimum absolute atomic E-state index is 0.138. The molecule has 0 aromatic rings. The number of carbonyl (C=O) groups excluding carboxylic acids is 1. The zero-order chi connectivity index (χ0) is 12.3. The molecular weight excluding hydrogens is 220 g/mol. The van der Waals surface area contributed by atoms with Gasteiger partial charge in [0.25, 0.3) is 0 Å². The second-order valence-electron chi connectivity index (χ2n) is 3.75. The second kappa shape index (κ2) is 5.67. The highest BCUT2D eigenvalue weighted by Crippen LogP contribution is 2.19. The largest absolute Gasteiger partial charge is 0.387 e. The Morgan fingerprint density at radius 3 is 2.38 bits per heavy atom. The van der Waals surface area contributed by atoms with E-state index in [0.717, 1.165) is 0 Å². The van der Waals surface area contributed by atoms with Gasteiger partial charge >= 0.3 is 0 Å². The molecule has 5 atom stereocenters. The number of ketones is 1. The van der Waals surface area contributed by atoms with Crippen LogP contribution in [0.5, 0.6) is 0 Å². The Hall–Kier alpha value is -0.570. The van der Waals surface area contributed by atoms with Gasteiger partial charge in [0.2, 0.25) is 0 Å². The van der Waals surface area contributed by atoms with Crippen LogP contribution < -0.4 is 0 Å². The van der Waals surface area contributed by atoms with Gasteiger partial charge in [-0.25, -0.2) is 0 Å². The number of aliphatic hydroxyl groups is 4. The number of hydrogen-bond donors (Lipinski definition) is 4. The lowest BCUT2D eigenvalue weighted by Gasteiger charge is -2.38. The van der Waals surface area contributed by atoms with Gasteiger partial charge in [0.1, 0.15) is 31.0 Å². The van der Waals surface area contributed by atoms with Gasteiger partial charge in [-0.1, -0.05) is 0 Å². The number of aliphatic hydroxyl groups excluding tert-OH is 4. The third-order valence-corrected chi connectivity index (χ3v) is 2.27. The SMILES string of the molecule is CC(=O)COC[C@H]1O[C@H](O)[C@H](O)[C@@H](O)[C@H]1O. The quantitative estimate of drug-likeness (QED) is 0.422. The molecule has 0 aromatic heterocycles. The molecule has 1 fully saturated rings. The van der Waals surface area contributed by atoms with Crippen LogP contribution >= 0.6 is 0 Å². The van der Waals surface area contributed by atoms with E-state index in [1.54, 1.807) is 0 Å². The van der Waals surface area contributed by atoms with Crippen LogP contribution in [-0.2, 0) is 14.3 Å². The van der Waals surface area contributed by atoms with Crippen molar-refractivity contribution in [1.29, 1.82) is 0 Å². The van der Waals surface area contributed by atoms with Crippen LogP contribution in [0, 0.1) is 0 Å². The van der Waals surface area contributed by atoms with E-state index in [2.05, 4.69) is 0 Å². The van der Waals surface area contributed by atoms with Crippen molar-refractivity contribution in [2.45, 2.75) is 37.6 Å². The van der Waals surface area contributed by atoms with E-state index in [0.29, 0.717) is 0 Å². The topological polar surface area (TPSA) is 116 Å². The number of ether oxygens (including phenoxy) is 2. The van der Waals surface area contributed by atoms with Crippen molar-refractivity contribution in [3.63, 3.8) is 0 Å². The lowest BCUT2D eigenvalue weighted by molar-refractivity contribution is -0.288. The average Bonchev–Trinajstić information content (AvgIpc) is 2.22. The fourth-order valence-electron chi connectivity index (χ4n) is 1.39. The first-order valence-corrected chi connectivity index (χ1v) is 4.88. The van der Waals surface area contributed by atoms with Crippen molar-refractivity contribution in [3.05, 3.63) is 0 Å². The van der Waals surface area contributed by atoms with Crippen LogP contribution in [0.2, 0.25) is 0 Å². The molecule has 0 aromatic carbocycles. The highest BCUT2D eigenvalue weighted by molar-refractivity contribution is 5.76. The summed E-state index contributed by atoms with van der Waals surface area (Å²) in [6, 6.07) is 0. The van der Waals surface area contributed by atoms with Gasteiger partial charge in [-0.3, -0.25) is 4.79 Å². The fourth-order valence-corrected chi connectivity index (χ4v) is 1.39. The summed E-state index contributed by atoms with van der Waals surface area (Å²) in [5.74, 6) is -0.188. The number of carbonyl (C=O) groups is 1. The summed E-state index contributed by atoms with van der Waals surface area (Å²) in [6.45, 7) is 1.05. The first kappa shape index (κ1) is 13.5. The minimum Gasteiger partial charge on any atom is -0.387 e. The summed E-state index contributed by atoms with van der Waals surface area (Å²) in [5.41, 5.74) is 0. The maximum Gasteiger partial charge on any atom is 0.184 e. The molecule has 7 heteroatoms. The first-order valence-electron chi connectivity index (χ1n) is 4.88. The van der Waals surface area contributed by atoms with Gasteiger partial charge in [0.15, 0.2) is 12.1 Å². The maximum atomic E-state index is 10.6. The van der Waals surface area contributed by atoms with Crippen molar-refractivity contribution in [1.82, 2.24) is 0 Å². The lowest BCUT2D eigenvalue weighted by atomic mass is 9.99. The molecule has 0 bridgehead atoms. The molecule has 0 spiro atoms. The Bertz CT molecular complexity index is 244. The zero-order valence-corrected chi connectivity index (χ0v) is 8.81. The second-order valence-corrected chi connectivity index (χ2v) is 3.75. The standard InChI is InChI=1S/C9H16O7/c1-4(10)2-15-3-5-6(11)7(12)8(13)9(14)16-5/h5-9,11-14H,2-3H2,1H3/t5-,6+,7+,8-,9+/m1/s1. The average molecular weight is 236 g/mol. The Labute approximate surface area is 92.2 Å². The van der Waals surface area contributed by atoms with Crippen LogP contribution in [-0.4, -0.2) is 70.1 Å². The summed E-state index contributed by atoms with van der Waals surface area (Å²) >= 11 is 0. The lowest BCUT2D eigenvalue weighted by Crippen LogP contribution is -2.58. The molecule has 0 aliphatic carbocycles. The Morgan fingerprint density at radius 2 is 1.81 bits per heavy atom. The molecule has 16 heavy (non-hydrogen) atoms. The molecule has 1 rings (SSSR count). The molecule has 1 aliphatic rings. The van der Waals surface area contributed by atoms with Gasteiger partial charge in [0.05, 0.1) is 6.61 Å². The summed E-state index contributed by atoms with van der Waals surface area (Å²) < 4.78 is 9.72. The van der Waals surface area contributed by atoms with Gasteiger partial charge in [-0.05, 0) is 6.92 Å². The van der Waals surface area contributed by atoms with Crippen molar-refractivity contribution in [2.75, 3.05) is 13.2 Å². The first-order chi connectivity index (χ1) is 7.43. The summed E-state index contributed by atoms with van der Waals surface area (Å²) in [5, 5.41) is 37.2. The van der Waals surface area contributed by atoms with E-state index in [9.17, 15) is 20.1 Å². The molecule has 7 nitrogen and oxygen atoms in total. The molecule has 0 amide bonds. The van der Waals surface area contributed by atoms with E-state index < -0.39 is 30.7 Å². The van der Waals surface area contributed by atoms with E-state index in [-0.39, 0.29) is 19.0 Å². The molecular formula is C9H16O7. The van der Waals surface area contributed by atoms with Crippen LogP contribution in [0.1, 0.15) is 6.92 Å². The molecule has 0 unspecified atom stereocenters. The highest BCUT2D eigenvalue weighted by atomic mass is 16.6. The summed E-state index contributed by atoms with van der Waals surface area (Å²) in [6.07, 6.45) is -6.99. The predicted molar refractivity (Wildman–Crippen MR) is 50.4 cm³/mol. The zero-order valence-electron chi connectivity index (χ0n) is 8.81. The molecule has 1 aliphatic heterocycles. The third-order valence-electron chi connectivity index (χ3n) is 2.27. The van der Waals surface area contributed by atoms with Gasteiger partial charge in [-0.2, -0.15) is 0 Å². The number of Topliss-reactive ketones (excluding diaryl/α,β-unsaturated/α-hetero) is 1. The van der Waals surface area contributed by atoms with Crippen LogP contribution in [0.4, 0.5) is 0 Å². The van der Waals surface area contributed by atoms with Crippen molar-refractivity contribution in [3.8, 4) is 0 Å². The summed E-state index contributed by atoms with van der Waals surface area (Å²) in [4.78, 5) is 10.6. The highest BCUT2D eigenvalue weighted by Gasteiger charge is 2.42. The molecule has 94 valence electrons. The van der Waals surface area contributed by atoms with Gasteiger partial charge < -0.3 is 29.9 Å². The number of rotatable bonds is 4.